The van der Waals surface area contributed by atoms with Crippen molar-refractivity contribution in [2.45, 2.75) is 19.4 Å². The summed E-state index contributed by atoms with van der Waals surface area (Å²) in [6, 6.07) is 7.45. The summed E-state index contributed by atoms with van der Waals surface area (Å²) in [5.74, 6) is -0.0954. The standard InChI is InChI=1S/C12H15N3O2/c1-8(7-13)14-12(16)6-10-9-4-2-3-5-11(9)17-15-10/h2-5,8H,6-7,13H2,1H3,(H,14,16)/t8-/m1/s1. The maximum atomic E-state index is 11.7. The van der Waals surface area contributed by atoms with Crippen LogP contribution >= 0.6 is 0 Å². The van der Waals surface area contributed by atoms with Gasteiger partial charge in [0.2, 0.25) is 5.91 Å². The average molecular weight is 233 g/mol. The third-order valence-corrected chi connectivity index (χ3v) is 2.54. The number of benzene rings is 1. The average Bonchev–Trinajstić information content (AvgIpc) is 2.72. The zero-order valence-electron chi connectivity index (χ0n) is 9.64. The fourth-order valence-electron chi connectivity index (χ4n) is 1.60. The van der Waals surface area contributed by atoms with E-state index >= 15 is 0 Å². The quantitative estimate of drug-likeness (QED) is 0.819. The Balaban J connectivity index is 2.11. The number of nitrogens with two attached hydrogens (primary N) is 1. The van der Waals surface area contributed by atoms with Crippen molar-refractivity contribution in [1.82, 2.24) is 10.5 Å². The van der Waals surface area contributed by atoms with E-state index in [0.29, 0.717) is 17.8 Å². The summed E-state index contributed by atoms with van der Waals surface area (Å²) in [6.45, 7) is 2.28. The number of amides is 1. The van der Waals surface area contributed by atoms with Gasteiger partial charge in [0.15, 0.2) is 5.58 Å². The molecule has 0 bridgehead atoms. The van der Waals surface area contributed by atoms with E-state index < -0.39 is 0 Å². The van der Waals surface area contributed by atoms with Gasteiger partial charge in [-0.25, -0.2) is 0 Å². The van der Waals surface area contributed by atoms with Crippen LogP contribution in [0.3, 0.4) is 0 Å². The largest absolute Gasteiger partial charge is 0.356 e. The maximum absolute atomic E-state index is 11.7. The number of para-hydroxylation sites is 1. The minimum Gasteiger partial charge on any atom is -0.356 e. The molecule has 1 aromatic heterocycles. The molecule has 90 valence electrons. The molecule has 0 radical (unpaired) electrons. The Kier molecular flexibility index (Phi) is 3.39. The van der Waals surface area contributed by atoms with Gasteiger partial charge in [0.1, 0.15) is 5.69 Å². The number of carbonyl (C=O) groups is 1. The number of aromatic nitrogens is 1. The summed E-state index contributed by atoms with van der Waals surface area (Å²) < 4.78 is 5.13. The molecule has 1 amide bonds. The highest BCUT2D eigenvalue weighted by Crippen LogP contribution is 2.17. The van der Waals surface area contributed by atoms with Crippen molar-refractivity contribution in [3.8, 4) is 0 Å². The number of nitrogens with one attached hydrogen (secondary N) is 1. The molecule has 5 heteroatoms. The van der Waals surface area contributed by atoms with Crippen LogP contribution in [0.15, 0.2) is 28.8 Å². The van der Waals surface area contributed by atoms with E-state index in [2.05, 4.69) is 10.5 Å². The van der Waals surface area contributed by atoms with Crippen LogP contribution in [0.25, 0.3) is 11.0 Å². The first-order valence-electron chi connectivity index (χ1n) is 5.53. The molecule has 0 aliphatic carbocycles. The lowest BCUT2D eigenvalue weighted by Crippen LogP contribution is -2.38. The molecule has 0 saturated heterocycles. The summed E-state index contributed by atoms with van der Waals surface area (Å²) in [5.41, 5.74) is 6.79. The Morgan fingerprint density at radius 2 is 2.29 bits per heavy atom. The van der Waals surface area contributed by atoms with Crippen LogP contribution in [-0.4, -0.2) is 23.7 Å². The van der Waals surface area contributed by atoms with Gasteiger partial charge in [0, 0.05) is 18.0 Å². The predicted molar refractivity (Wildman–Crippen MR) is 64.4 cm³/mol. The molecule has 0 unspecified atom stereocenters. The van der Waals surface area contributed by atoms with Crippen molar-refractivity contribution in [3.63, 3.8) is 0 Å². The molecule has 0 fully saturated rings. The van der Waals surface area contributed by atoms with Crippen molar-refractivity contribution in [1.29, 1.82) is 0 Å². The van der Waals surface area contributed by atoms with Gasteiger partial charge in [-0.2, -0.15) is 0 Å². The Morgan fingerprint density at radius 1 is 1.53 bits per heavy atom. The first-order chi connectivity index (χ1) is 8.20. The first kappa shape index (κ1) is 11.6. The highest BCUT2D eigenvalue weighted by molar-refractivity contribution is 5.86. The fourth-order valence-corrected chi connectivity index (χ4v) is 1.60. The molecule has 5 nitrogen and oxygen atoms in total. The van der Waals surface area contributed by atoms with Crippen LogP contribution in [0.4, 0.5) is 0 Å². The van der Waals surface area contributed by atoms with Gasteiger partial charge in [0.05, 0.1) is 6.42 Å². The van der Waals surface area contributed by atoms with E-state index in [1.54, 1.807) is 0 Å². The summed E-state index contributed by atoms with van der Waals surface area (Å²) >= 11 is 0. The second-order valence-electron chi connectivity index (χ2n) is 4.01. The lowest BCUT2D eigenvalue weighted by Gasteiger charge is -2.09. The third kappa shape index (κ3) is 2.62. The Labute approximate surface area is 99.0 Å². The van der Waals surface area contributed by atoms with Crippen molar-refractivity contribution < 1.29 is 9.32 Å². The third-order valence-electron chi connectivity index (χ3n) is 2.54. The monoisotopic (exact) mass is 233 g/mol. The number of nitrogens with zero attached hydrogens (tertiary/aromatic N) is 1. The normalized spacial score (nSPS) is 12.6. The number of carbonyl (C=O) groups excluding carboxylic acids is 1. The van der Waals surface area contributed by atoms with Crippen LogP contribution in [0.1, 0.15) is 12.6 Å². The number of hydrogen-bond acceptors (Lipinski definition) is 4. The van der Waals surface area contributed by atoms with Crippen molar-refractivity contribution >= 4 is 16.9 Å². The van der Waals surface area contributed by atoms with Crippen LogP contribution in [0.2, 0.25) is 0 Å². The lowest BCUT2D eigenvalue weighted by molar-refractivity contribution is -0.121. The van der Waals surface area contributed by atoms with E-state index in [-0.39, 0.29) is 18.4 Å². The second kappa shape index (κ2) is 4.97. The molecule has 0 saturated carbocycles. The van der Waals surface area contributed by atoms with Gasteiger partial charge in [-0.3, -0.25) is 4.79 Å². The van der Waals surface area contributed by atoms with Crippen molar-refractivity contribution in [3.05, 3.63) is 30.0 Å². The SMILES string of the molecule is C[C@H](CN)NC(=O)Cc1noc2ccccc12. The lowest BCUT2D eigenvalue weighted by atomic mass is 10.1. The van der Waals surface area contributed by atoms with Gasteiger partial charge >= 0.3 is 0 Å². The molecule has 1 aromatic carbocycles. The van der Waals surface area contributed by atoms with Crippen LogP contribution in [0, 0.1) is 0 Å². The van der Waals surface area contributed by atoms with Crippen LogP contribution in [-0.2, 0) is 11.2 Å². The van der Waals surface area contributed by atoms with Gasteiger partial charge < -0.3 is 15.6 Å². The molecule has 0 spiro atoms. The van der Waals surface area contributed by atoms with E-state index in [9.17, 15) is 4.79 Å². The zero-order chi connectivity index (χ0) is 12.3. The molecular weight excluding hydrogens is 218 g/mol. The number of rotatable bonds is 4. The van der Waals surface area contributed by atoms with Crippen LogP contribution < -0.4 is 11.1 Å². The molecule has 0 aliphatic rings. The van der Waals surface area contributed by atoms with E-state index in [4.69, 9.17) is 10.3 Å². The van der Waals surface area contributed by atoms with E-state index in [1.165, 1.54) is 0 Å². The molecule has 1 atom stereocenters. The molecule has 17 heavy (non-hydrogen) atoms. The Hall–Kier alpha value is -1.88. The van der Waals surface area contributed by atoms with Crippen molar-refractivity contribution in [2.24, 2.45) is 5.73 Å². The predicted octanol–water partition coefficient (Wildman–Crippen LogP) is 0.834. The van der Waals surface area contributed by atoms with E-state index in [1.807, 2.05) is 31.2 Å². The highest BCUT2D eigenvalue weighted by atomic mass is 16.5. The van der Waals surface area contributed by atoms with Gasteiger partial charge in [0.25, 0.3) is 0 Å². The van der Waals surface area contributed by atoms with Gasteiger partial charge in [-0.1, -0.05) is 17.3 Å². The first-order valence-corrected chi connectivity index (χ1v) is 5.53. The Morgan fingerprint density at radius 3 is 3.06 bits per heavy atom. The number of fused-ring (bicyclic) bond motifs is 1. The molecular formula is C12H15N3O2. The second-order valence-corrected chi connectivity index (χ2v) is 4.01. The molecule has 3 N–H and O–H groups in total. The van der Waals surface area contributed by atoms with Crippen LogP contribution in [0.5, 0.6) is 0 Å². The fraction of sp³-hybridized carbons (Fsp3) is 0.333. The van der Waals surface area contributed by atoms with Crippen molar-refractivity contribution in [2.75, 3.05) is 6.54 Å². The molecule has 2 aromatic rings. The number of hydrogen-bond donors (Lipinski definition) is 2. The molecule has 2 rings (SSSR count). The summed E-state index contributed by atoms with van der Waals surface area (Å²) in [5, 5.41) is 7.57. The Bertz CT molecular complexity index is 521. The smallest absolute Gasteiger partial charge is 0.226 e. The van der Waals surface area contributed by atoms with E-state index in [0.717, 1.165) is 5.39 Å². The van der Waals surface area contributed by atoms with Gasteiger partial charge in [-0.05, 0) is 19.1 Å². The topological polar surface area (TPSA) is 81.1 Å². The highest BCUT2D eigenvalue weighted by Gasteiger charge is 2.12. The summed E-state index contributed by atoms with van der Waals surface area (Å²) in [7, 11) is 0. The van der Waals surface area contributed by atoms with Gasteiger partial charge in [-0.15, -0.1) is 0 Å². The molecule has 1 heterocycles. The summed E-state index contributed by atoms with van der Waals surface area (Å²) in [6.07, 6.45) is 0.210. The maximum Gasteiger partial charge on any atom is 0.226 e. The molecule has 0 aliphatic heterocycles. The minimum absolute atomic E-state index is 0.0272. The summed E-state index contributed by atoms with van der Waals surface area (Å²) in [4.78, 5) is 11.7. The zero-order valence-corrected chi connectivity index (χ0v) is 9.64. The minimum atomic E-state index is -0.0954.